The normalized spacial score (nSPS) is 14.6. The highest BCUT2D eigenvalue weighted by Crippen LogP contribution is 2.27. The van der Waals surface area contributed by atoms with Crippen LogP contribution in [0.1, 0.15) is 18.5 Å². The van der Waals surface area contributed by atoms with Crippen LogP contribution in [0.4, 0.5) is 8.78 Å². The summed E-state index contributed by atoms with van der Waals surface area (Å²) in [5.74, 6) is 0.870. The number of nitrogens with zero attached hydrogens (tertiary/aromatic N) is 3. The number of benzene rings is 1. The minimum atomic E-state index is -2.87. The smallest absolute Gasteiger partial charge is 0.387 e. The first-order chi connectivity index (χ1) is 10.2. The highest BCUT2D eigenvalue weighted by atomic mass is 19.3. The number of hydrogen-bond acceptors (Lipinski definition) is 4. The van der Waals surface area contributed by atoms with Crippen LogP contribution < -0.4 is 10.1 Å². The first-order valence-corrected chi connectivity index (χ1v) is 6.88. The SMILES string of the molecule is FC(F)Oc1ccccc1-n1cc(CNCC2CC2)nn1. The highest BCUT2D eigenvalue weighted by Gasteiger charge is 2.20. The van der Waals surface area contributed by atoms with E-state index in [9.17, 15) is 8.78 Å². The van der Waals surface area contributed by atoms with Gasteiger partial charge in [-0.25, -0.2) is 4.68 Å². The maximum absolute atomic E-state index is 12.4. The Morgan fingerprint density at radius 2 is 2.14 bits per heavy atom. The maximum Gasteiger partial charge on any atom is 0.387 e. The number of aromatic nitrogens is 3. The zero-order chi connectivity index (χ0) is 14.7. The molecule has 0 bridgehead atoms. The van der Waals surface area contributed by atoms with E-state index < -0.39 is 6.61 Å². The molecule has 0 amide bonds. The summed E-state index contributed by atoms with van der Waals surface area (Å²) in [6.45, 7) is -1.26. The summed E-state index contributed by atoms with van der Waals surface area (Å²) < 4.78 is 30.7. The lowest BCUT2D eigenvalue weighted by molar-refractivity contribution is -0.0499. The predicted molar refractivity (Wildman–Crippen MR) is 72.4 cm³/mol. The lowest BCUT2D eigenvalue weighted by Gasteiger charge is -2.09. The second kappa shape index (κ2) is 6.17. The first-order valence-electron chi connectivity index (χ1n) is 6.88. The molecule has 0 unspecified atom stereocenters. The van der Waals surface area contributed by atoms with Crippen molar-refractivity contribution in [2.45, 2.75) is 26.0 Å². The molecule has 2 aromatic rings. The number of ether oxygens (including phenoxy) is 1. The molecule has 1 aliphatic carbocycles. The van der Waals surface area contributed by atoms with Crippen LogP contribution in [0.3, 0.4) is 0 Å². The van der Waals surface area contributed by atoms with Crippen molar-refractivity contribution in [1.82, 2.24) is 20.3 Å². The van der Waals surface area contributed by atoms with Crippen molar-refractivity contribution in [3.8, 4) is 11.4 Å². The molecule has 21 heavy (non-hydrogen) atoms. The van der Waals surface area contributed by atoms with Gasteiger partial charge in [0.1, 0.15) is 5.69 Å². The van der Waals surface area contributed by atoms with Gasteiger partial charge in [-0.05, 0) is 37.4 Å². The molecule has 0 aliphatic heterocycles. The van der Waals surface area contributed by atoms with E-state index >= 15 is 0 Å². The number of rotatable bonds is 7. The Morgan fingerprint density at radius 3 is 2.90 bits per heavy atom. The van der Waals surface area contributed by atoms with Crippen molar-refractivity contribution in [1.29, 1.82) is 0 Å². The quantitative estimate of drug-likeness (QED) is 0.852. The second-order valence-corrected chi connectivity index (χ2v) is 5.07. The lowest BCUT2D eigenvalue weighted by Crippen LogP contribution is -2.16. The van der Waals surface area contributed by atoms with Gasteiger partial charge in [-0.1, -0.05) is 17.3 Å². The summed E-state index contributed by atoms with van der Waals surface area (Å²) in [6.07, 6.45) is 4.30. The molecular weight excluding hydrogens is 278 g/mol. The number of halogens is 2. The topological polar surface area (TPSA) is 52.0 Å². The number of nitrogens with one attached hydrogen (secondary N) is 1. The van der Waals surface area contributed by atoms with E-state index in [1.54, 1.807) is 24.4 Å². The van der Waals surface area contributed by atoms with Crippen LogP contribution in [0.25, 0.3) is 5.69 Å². The average Bonchev–Trinajstić information content (AvgIpc) is 3.16. The van der Waals surface area contributed by atoms with Crippen molar-refractivity contribution in [2.75, 3.05) is 6.54 Å². The molecule has 1 fully saturated rings. The van der Waals surface area contributed by atoms with Crippen LogP contribution in [-0.4, -0.2) is 28.2 Å². The van der Waals surface area contributed by atoms with Gasteiger partial charge >= 0.3 is 6.61 Å². The molecule has 7 heteroatoms. The van der Waals surface area contributed by atoms with E-state index in [1.807, 2.05) is 0 Å². The third-order valence-corrected chi connectivity index (χ3v) is 3.31. The molecule has 0 radical (unpaired) electrons. The minimum absolute atomic E-state index is 0.0786. The van der Waals surface area contributed by atoms with Crippen molar-refractivity contribution in [3.63, 3.8) is 0 Å². The molecule has 1 aliphatic rings. The van der Waals surface area contributed by atoms with Gasteiger partial charge in [-0.15, -0.1) is 5.10 Å². The highest BCUT2D eigenvalue weighted by molar-refractivity contribution is 5.45. The Kier molecular flexibility index (Phi) is 4.10. The van der Waals surface area contributed by atoms with Crippen LogP contribution in [-0.2, 0) is 6.54 Å². The van der Waals surface area contributed by atoms with E-state index in [0.29, 0.717) is 12.2 Å². The van der Waals surface area contributed by atoms with Gasteiger partial charge in [-0.2, -0.15) is 8.78 Å². The number of alkyl halides is 2. The summed E-state index contributed by atoms with van der Waals surface area (Å²) in [7, 11) is 0. The average molecular weight is 294 g/mol. The van der Waals surface area contributed by atoms with Crippen LogP contribution >= 0.6 is 0 Å². The summed E-state index contributed by atoms with van der Waals surface area (Å²) in [5, 5.41) is 11.3. The Balaban J connectivity index is 1.69. The molecule has 0 atom stereocenters. The molecule has 5 nitrogen and oxygen atoms in total. The van der Waals surface area contributed by atoms with Gasteiger partial charge in [-0.3, -0.25) is 0 Å². The Morgan fingerprint density at radius 1 is 1.33 bits per heavy atom. The van der Waals surface area contributed by atoms with Crippen LogP contribution in [0.5, 0.6) is 5.75 Å². The largest absolute Gasteiger partial charge is 0.433 e. The molecule has 1 saturated carbocycles. The van der Waals surface area contributed by atoms with Crippen LogP contribution in [0.2, 0.25) is 0 Å². The minimum Gasteiger partial charge on any atom is -0.433 e. The Bertz CT molecular complexity index is 598. The maximum atomic E-state index is 12.4. The second-order valence-electron chi connectivity index (χ2n) is 5.07. The van der Waals surface area contributed by atoms with Crippen molar-refractivity contribution in [2.24, 2.45) is 5.92 Å². The van der Waals surface area contributed by atoms with Crippen LogP contribution in [0.15, 0.2) is 30.5 Å². The summed E-state index contributed by atoms with van der Waals surface area (Å²) >= 11 is 0. The molecule has 0 spiro atoms. The standard InChI is InChI=1S/C14H16F2N4O/c15-14(16)21-13-4-2-1-3-12(13)20-9-11(18-19-20)8-17-7-10-5-6-10/h1-4,9-10,14,17H,5-8H2. The molecule has 3 rings (SSSR count). The van der Waals surface area contributed by atoms with Crippen molar-refractivity contribution in [3.05, 3.63) is 36.2 Å². The number of hydrogen-bond donors (Lipinski definition) is 1. The Labute approximate surface area is 120 Å². The monoisotopic (exact) mass is 294 g/mol. The van der Waals surface area contributed by atoms with Gasteiger partial charge in [0.2, 0.25) is 0 Å². The molecule has 1 N–H and O–H groups in total. The summed E-state index contributed by atoms with van der Waals surface area (Å²) in [5.41, 5.74) is 1.21. The fourth-order valence-electron chi connectivity index (χ4n) is 2.07. The van der Waals surface area contributed by atoms with Crippen LogP contribution in [0, 0.1) is 5.92 Å². The van der Waals surface area contributed by atoms with E-state index in [2.05, 4.69) is 20.4 Å². The van der Waals surface area contributed by atoms with E-state index in [0.717, 1.165) is 18.2 Å². The van der Waals surface area contributed by atoms with E-state index in [1.165, 1.54) is 23.6 Å². The van der Waals surface area contributed by atoms with E-state index in [4.69, 9.17) is 0 Å². The van der Waals surface area contributed by atoms with Crippen molar-refractivity contribution >= 4 is 0 Å². The fraction of sp³-hybridized carbons (Fsp3) is 0.429. The molecular formula is C14H16F2N4O. The molecule has 0 saturated heterocycles. The molecule has 112 valence electrons. The molecule has 1 heterocycles. The third-order valence-electron chi connectivity index (χ3n) is 3.31. The Hall–Kier alpha value is -2.02. The van der Waals surface area contributed by atoms with Gasteiger partial charge in [0.25, 0.3) is 0 Å². The zero-order valence-corrected chi connectivity index (χ0v) is 11.4. The van der Waals surface area contributed by atoms with Gasteiger partial charge in [0.05, 0.1) is 11.9 Å². The van der Waals surface area contributed by atoms with Gasteiger partial charge in [0, 0.05) is 6.54 Å². The number of para-hydroxylation sites is 2. The first kappa shape index (κ1) is 13.9. The van der Waals surface area contributed by atoms with E-state index in [-0.39, 0.29) is 5.75 Å². The third kappa shape index (κ3) is 3.75. The summed E-state index contributed by atoms with van der Waals surface area (Å²) in [6, 6.07) is 6.51. The van der Waals surface area contributed by atoms with Gasteiger partial charge < -0.3 is 10.1 Å². The molecule has 1 aromatic carbocycles. The van der Waals surface area contributed by atoms with Gasteiger partial charge in [0.15, 0.2) is 5.75 Å². The zero-order valence-electron chi connectivity index (χ0n) is 11.4. The van der Waals surface area contributed by atoms with Crippen molar-refractivity contribution < 1.29 is 13.5 Å². The summed E-state index contributed by atoms with van der Waals surface area (Å²) in [4.78, 5) is 0. The molecule has 1 aromatic heterocycles. The lowest BCUT2D eigenvalue weighted by atomic mass is 10.3. The predicted octanol–water partition coefficient (Wildman–Crippen LogP) is 2.37. The fourth-order valence-corrected chi connectivity index (χ4v) is 2.07.